The van der Waals surface area contributed by atoms with Gasteiger partial charge in [0.2, 0.25) is 11.2 Å². The summed E-state index contributed by atoms with van der Waals surface area (Å²) in [5.41, 5.74) is -6.74. The molecular weight excluding hydrogens is 416 g/mol. The molecule has 0 bridgehead atoms. The molecule has 2 aliphatic rings. The Morgan fingerprint density at radius 3 is 1.81 bits per heavy atom. The third-order valence-corrected chi connectivity index (χ3v) is 4.88. The number of carbonyl (C=O) groups is 6. The van der Waals surface area contributed by atoms with E-state index >= 15 is 0 Å². The lowest BCUT2D eigenvalue weighted by atomic mass is 9.80. The number of ether oxygens (including phenoxy) is 2. The molecule has 2 atom stereocenters. The van der Waals surface area contributed by atoms with Crippen molar-refractivity contribution in [2.24, 2.45) is 0 Å². The first-order valence-electron chi connectivity index (χ1n) is 8.96. The van der Waals surface area contributed by atoms with Crippen LogP contribution in [0.15, 0.2) is 22.7 Å². The minimum absolute atomic E-state index is 0.467. The molecular formula is C19H22N2O10. The van der Waals surface area contributed by atoms with Crippen LogP contribution in [0.5, 0.6) is 0 Å². The van der Waals surface area contributed by atoms with Crippen LogP contribution in [0, 0.1) is 0 Å². The van der Waals surface area contributed by atoms with Crippen molar-refractivity contribution in [1.29, 1.82) is 0 Å². The van der Waals surface area contributed by atoms with E-state index in [0.29, 0.717) is 4.90 Å². The smallest absolute Gasteiger partial charge is 0.269 e. The van der Waals surface area contributed by atoms with E-state index in [-0.39, 0.29) is 0 Å². The van der Waals surface area contributed by atoms with Crippen molar-refractivity contribution in [3.05, 3.63) is 22.7 Å². The lowest BCUT2D eigenvalue weighted by Crippen LogP contribution is -2.60. The van der Waals surface area contributed by atoms with Crippen molar-refractivity contribution >= 4 is 35.2 Å². The van der Waals surface area contributed by atoms with Crippen LogP contribution in [0.1, 0.15) is 26.7 Å². The summed E-state index contributed by atoms with van der Waals surface area (Å²) in [4.78, 5) is 74.5. The molecule has 0 aromatic carbocycles. The van der Waals surface area contributed by atoms with Crippen molar-refractivity contribution in [3.63, 3.8) is 0 Å². The van der Waals surface area contributed by atoms with Crippen LogP contribution in [0.2, 0.25) is 0 Å². The number of ketones is 2. The number of nitrogens with zero attached hydrogens (tertiary/aromatic N) is 1. The molecule has 0 radical (unpaired) electrons. The quantitative estimate of drug-likeness (QED) is 0.372. The number of amides is 4. The highest BCUT2D eigenvalue weighted by Gasteiger charge is 2.57. The summed E-state index contributed by atoms with van der Waals surface area (Å²) in [6.07, 6.45) is -1.58. The van der Waals surface area contributed by atoms with Gasteiger partial charge in [-0.05, 0) is 13.8 Å². The molecule has 3 N–H and O–H groups in total. The van der Waals surface area contributed by atoms with Gasteiger partial charge in [-0.1, -0.05) is 0 Å². The molecule has 0 saturated heterocycles. The van der Waals surface area contributed by atoms with Crippen LogP contribution in [0.3, 0.4) is 0 Å². The number of nitrogens with one attached hydrogen (secondary N) is 1. The van der Waals surface area contributed by atoms with Crippen LogP contribution in [-0.2, 0) is 38.2 Å². The number of hydrogen-bond donors (Lipinski definition) is 3. The van der Waals surface area contributed by atoms with Gasteiger partial charge in [-0.2, -0.15) is 0 Å². The minimum Gasteiger partial charge on any atom is -0.497 e. The van der Waals surface area contributed by atoms with Crippen LogP contribution in [-0.4, -0.2) is 82.8 Å². The average Bonchev–Trinajstić information content (AvgIpc) is 2.65. The zero-order valence-electron chi connectivity index (χ0n) is 17.5. The summed E-state index contributed by atoms with van der Waals surface area (Å²) in [5.74, 6) is -7.55. The van der Waals surface area contributed by atoms with Gasteiger partial charge in [0.05, 0.1) is 38.2 Å². The highest BCUT2D eigenvalue weighted by Crippen LogP contribution is 2.40. The molecule has 4 amide bonds. The fraction of sp³-hybridized carbons (Fsp3) is 0.474. The van der Waals surface area contributed by atoms with Gasteiger partial charge in [-0.25, -0.2) is 0 Å². The summed E-state index contributed by atoms with van der Waals surface area (Å²) >= 11 is 0. The van der Waals surface area contributed by atoms with Gasteiger partial charge in [0.15, 0.2) is 11.5 Å². The van der Waals surface area contributed by atoms with Gasteiger partial charge in [0.1, 0.15) is 11.6 Å². The number of Topliss-reactive ketones (excluding diaryl/α,β-unsaturated/α-hetero) is 2. The maximum atomic E-state index is 13.0. The first-order valence-corrected chi connectivity index (χ1v) is 8.96. The normalized spacial score (nSPS) is 26.9. The van der Waals surface area contributed by atoms with E-state index in [1.807, 2.05) is 5.32 Å². The molecule has 0 unspecified atom stereocenters. The van der Waals surface area contributed by atoms with Gasteiger partial charge in [0.25, 0.3) is 23.6 Å². The molecule has 12 heteroatoms. The number of methoxy groups -OCH3 is 2. The van der Waals surface area contributed by atoms with E-state index < -0.39 is 81.9 Å². The van der Waals surface area contributed by atoms with E-state index in [9.17, 15) is 39.0 Å². The summed E-state index contributed by atoms with van der Waals surface area (Å²) in [7, 11) is 2.99. The average molecular weight is 438 g/mol. The lowest BCUT2D eigenvalue weighted by molar-refractivity contribution is -0.161. The van der Waals surface area contributed by atoms with Crippen LogP contribution in [0.4, 0.5) is 0 Å². The van der Waals surface area contributed by atoms with Gasteiger partial charge >= 0.3 is 0 Å². The Hall–Kier alpha value is -3.38. The fourth-order valence-corrected chi connectivity index (χ4v) is 3.65. The minimum atomic E-state index is -2.66. The van der Waals surface area contributed by atoms with Crippen LogP contribution >= 0.6 is 0 Å². The molecule has 0 saturated carbocycles. The Morgan fingerprint density at radius 2 is 1.35 bits per heavy atom. The molecule has 168 valence electrons. The van der Waals surface area contributed by atoms with Crippen molar-refractivity contribution in [2.75, 3.05) is 21.3 Å². The van der Waals surface area contributed by atoms with Gasteiger partial charge in [0, 0.05) is 7.05 Å². The van der Waals surface area contributed by atoms with Crippen molar-refractivity contribution in [3.8, 4) is 0 Å². The fourth-order valence-electron chi connectivity index (χ4n) is 3.65. The second-order valence-corrected chi connectivity index (χ2v) is 7.25. The summed E-state index contributed by atoms with van der Waals surface area (Å²) < 4.78 is 10.2. The number of aliphatic hydroxyl groups is 2. The Bertz CT molecular complexity index is 978. The van der Waals surface area contributed by atoms with Crippen molar-refractivity contribution < 1.29 is 48.5 Å². The zero-order valence-corrected chi connectivity index (χ0v) is 17.5. The predicted molar refractivity (Wildman–Crippen MR) is 99.5 cm³/mol. The summed E-state index contributed by atoms with van der Waals surface area (Å²) in [6.45, 7) is 2.17. The number of rotatable bonds is 7. The van der Waals surface area contributed by atoms with Gasteiger partial charge in [-0.15, -0.1) is 0 Å². The zero-order chi connectivity index (χ0) is 23.9. The highest BCUT2D eigenvalue weighted by molar-refractivity contribution is 6.23. The molecule has 31 heavy (non-hydrogen) atoms. The van der Waals surface area contributed by atoms with Gasteiger partial charge in [-0.3, -0.25) is 39.0 Å². The number of likely N-dealkylation sites (N-methyl/N-ethyl adjacent to an activating group) is 1. The van der Waals surface area contributed by atoms with Crippen molar-refractivity contribution in [1.82, 2.24) is 10.2 Å². The SMILES string of the molecule is COC1=C(C2=C(OC)[C@](O)(CC(C)=O)C(=O)NC2=O)C(=O)N(C)C(=O)[C@]1(O)CC(C)=O. The maximum Gasteiger partial charge on any atom is 0.269 e. The van der Waals surface area contributed by atoms with Crippen LogP contribution < -0.4 is 5.32 Å². The molecule has 0 aromatic heterocycles. The van der Waals surface area contributed by atoms with Gasteiger partial charge < -0.3 is 19.7 Å². The second-order valence-electron chi connectivity index (χ2n) is 7.25. The number of imide groups is 2. The van der Waals surface area contributed by atoms with E-state index in [0.717, 1.165) is 35.1 Å². The first kappa shape index (κ1) is 23.9. The molecule has 2 aliphatic heterocycles. The van der Waals surface area contributed by atoms with Crippen LogP contribution in [0.25, 0.3) is 0 Å². The monoisotopic (exact) mass is 438 g/mol. The molecule has 0 fully saturated rings. The van der Waals surface area contributed by atoms with E-state index in [1.165, 1.54) is 0 Å². The molecule has 0 spiro atoms. The topological polar surface area (TPSA) is 177 Å². The van der Waals surface area contributed by atoms with E-state index in [2.05, 4.69) is 0 Å². The molecule has 0 aliphatic carbocycles. The molecule has 2 heterocycles. The molecule has 0 aromatic rings. The Kier molecular flexibility index (Phi) is 6.20. The molecule has 12 nitrogen and oxygen atoms in total. The standard InChI is InChI=1S/C19H22N2O10/c1-8(22)6-18(28)12(30-4)10(14(24)20-16(18)26)11-13(31-5)19(29,7-9(2)23)17(27)21(3)15(11)25/h28-29H,6-7H2,1-5H3,(H,20,24,26)/t18-,19+/m1/s1. The van der Waals surface area contributed by atoms with E-state index in [4.69, 9.17) is 9.47 Å². The predicted octanol–water partition coefficient (Wildman–Crippen LogP) is -2.14. The Labute approximate surface area is 176 Å². The third kappa shape index (κ3) is 3.64. The highest BCUT2D eigenvalue weighted by atomic mass is 16.5. The molecule has 2 rings (SSSR count). The largest absolute Gasteiger partial charge is 0.497 e. The summed E-state index contributed by atoms with van der Waals surface area (Å²) in [6, 6.07) is 0. The number of carbonyl (C=O) groups excluding carboxylic acids is 6. The lowest BCUT2D eigenvalue weighted by Gasteiger charge is -2.39. The van der Waals surface area contributed by atoms with Crippen molar-refractivity contribution in [2.45, 2.75) is 37.9 Å². The maximum absolute atomic E-state index is 13.0. The summed E-state index contributed by atoms with van der Waals surface area (Å²) in [5, 5.41) is 23.7. The van der Waals surface area contributed by atoms with E-state index in [1.54, 1.807) is 0 Å². The third-order valence-electron chi connectivity index (χ3n) is 4.88. The Balaban J connectivity index is 2.98. The second kappa shape index (κ2) is 8.04. The number of hydrogen-bond acceptors (Lipinski definition) is 10. The Morgan fingerprint density at radius 1 is 0.903 bits per heavy atom. The first-order chi connectivity index (χ1) is 14.3.